The van der Waals surface area contributed by atoms with Gasteiger partial charge in [-0.25, -0.2) is 14.7 Å². The number of carboxylic acids is 1. The second-order valence-electron chi connectivity index (χ2n) is 3.19. The number of aryl methyl sites for hydroxylation is 1. The van der Waals surface area contributed by atoms with E-state index in [1.165, 1.54) is 6.07 Å². The summed E-state index contributed by atoms with van der Waals surface area (Å²) in [5.41, 5.74) is 0.220. The highest BCUT2D eigenvalue weighted by Crippen LogP contribution is 2.16. The molecule has 0 unspecified atom stereocenters. The van der Waals surface area contributed by atoms with Crippen molar-refractivity contribution in [3.63, 3.8) is 0 Å². The summed E-state index contributed by atoms with van der Waals surface area (Å²) in [6.45, 7) is 1.65. The molecule has 0 fully saturated rings. The number of aromatic carboxylic acids is 1. The SMILES string of the molecule is Cc1cccc(-n2nn[nH]c2=O)c1C(=O)O. The molecule has 82 valence electrons. The zero-order valence-electron chi connectivity index (χ0n) is 8.34. The lowest BCUT2D eigenvalue weighted by Gasteiger charge is -2.06. The fraction of sp³-hybridized carbons (Fsp3) is 0.111. The highest BCUT2D eigenvalue weighted by molar-refractivity contribution is 5.93. The Kier molecular flexibility index (Phi) is 2.28. The summed E-state index contributed by atoms with van der Waals surface area (Å²) in [6, 6.07) is 4.80. The summed E-state index contributed by atoms with van der Waals surface area (Å²) in [6.07, 6.45) is 0. The molecule has 0 spiro atoms. The maximum absolute atomic E-state index is 11.3. The summed E-state index contributed by atoms with van der Waals surface area (Å²) in [4.78, 5) is 22.4. The fourth-order valence-electron chi connectivity index (χ4n) is 1.46. The molecule has 0 amide bonds. The van der Waals surface area contributed by atoms with Crippen LogP contribution in [-0.2, 0) is 0 Å². The van der Waals surface area contributed by atoms with Crippen molar-refractivity contribution in [1.29, 1.82) is 0 Å². The van der Waals surface area contributed by atoms with Crippen molar-refractivity contribution in [3.05, 3.63) is 39.8 Å². The molecule has 0 aliphatic heterocycles. The number of tetrazole rings is 1. The van der Waals surface area contributed by atoms with Crippen LogP contribution in [0.5, 0.6) is 0 Å². The van der Waals surface area contributed by atoms with Gasteiger partial charge in [-0.2, -0.15) is 4.68 Å². The predicted molar refractivity (Wildman–Crippen MR) is 53.7 cm³/mol. The number of hydrogen-bond acceptors (Lipinski definition) is 4. The molecule has 0 aliphatic rings. The second-order valence-corrected chi connectivity index (χ2v) is 3.19. The first-order valence-electron chi connectivity index (χ1n) is 4.45. The van der Waals surface area contributed by atoms with E-state index in [0.717, 1.165) is 4.68 Å². The van der Waals surface area contributed by atoms with E-state index in [1.807, 2.05) is 0 Å². The van der Waals surface area contributed by atoms with Crippen molar-refractivity contribution in [1.82, 2.24) is 20.2 Å². The normalized spacial score (nSPS) is 10.3. The van der Waals surface area contributed by atoms with Gasteiger partial charge in [-0.1, -0.05) is 12.1 Å². The maximum Gasteiger partial charge on any atom is 0.365 e. The Bertz CT molecular complexity index is 599. The molecular weight excluding hydrogens is 212 g/mol. The van der Waals surface area contributed by atoms with Gasteiger partial charge >= 0.3 is 11.7 Å². The zero-order chi connectivity index (χ0) is 11.7. The fourth-order valence-corrected chi connectivity index (χ4v) is 1.46. The minimum atomic E-state index is -1.11. The molecule has 0 radical (unpaired) electrons. The summed E-state index contributed by atoms with van der Waals surface area (Å²) in [5, 5.41) is 18.0. The molecule has 2 aromatic rings. The Morgan fingerprint density at radius 3 is 2.81 bits per heavy atom. The molecule has 0 saturated carbocycles. The van der Waals surface area contributed by atoms with Crippen molar-refractivity contribution in [2.75, 3.05) is 0 Å². The maximum atomic E-state index is 11.3. The molecule has 0 aliphatic carbocycles. The van der Waals surface area contributed by atoms with Gasteiger partial charge in [-0.05, 0) is 29.0 Å². The highest BCUT2D eigenvalue weighted by atomic mass is 16.4. The molecule has 0 atom stereocenters. The Balaban J connectivity index is 2.76. The van der Waals surface area contributed by atoms with Crippen LogP contribution >= 0.6 is 0 Å². The van der Waals surface area contributed by atoms with Crippen LogP contribution in [0, 0.1) is 6.92 Å². The summed E-state index contributed by atoms with van der Waals surface area (Å²) in [7, 11) is 0. The number of rotatable bonds is 2. The van der Waals surface area contributed by atoms with Crippen LogP contribution in [0.1, 0.15) is 15.9 Å². The molecule has 16 heavy (non-hydrogen) atoms. The minimum Gasteiger partial charge on any atom is -0.478 e. The van der Waals surface area contributed by atoms with Crippen LogP contribution in [-0.4, -0.2) is 31.3 Å². The largest absolute Gasteiger partial charge is 0.478 e. The number of hydrogen-bond donors (Lipinski definition) is 2. The van der Waals surface area contributed by atoms with Crippen LogP contribution in [0.3, 0.4) is 0 Å². The molecule has 2 rings (SSSR count). The number of benzene rings is 1. The lowest BCUT2D eigenvalue weighted by atomic mass is 10.1. The topological polar surface area (TPSA) is 101 Å². The second kappa shape index (κ2) is 3.61. The Hall–Kier alpha value is -2.44. The van der Waals surface area contributed by atoms with Crippen molar-refractivity contribution in [3.8, 4) is 5.69 Å². The van der Waals surface area contributed by atoms with E-state index in [1.54, 1.807) is 19.1 Å². The lowest BCUT2D eigenvalue weighted by molar-refractivity contribution is 0.0696. The molecule has 1 heterocycles. The first kappa shape index (κ1) is 10.1. The number of carbonyl (C=O) groups is 1. The van der Waals surface area contributed by atoms with Gasteiger partial charge in [0, 0.05) is 0 Å². The average molecular weight is 220 g/mol. The van der Waals surface area contributed by atoms with Crippen molar-refractivity contribution < 1.29 is 9.90 Å². The molecular formula is C9H8N4O3. The number of aromatic amines is 1. The summed E-state index contributed by atoms with van der Waals surface area (Å²) < 4.78 is 0.913. The first-order chi connectivity index (χ1) is 7.61. The number of carboxylic acid groups (broad SMARTS) is 1. The van der Waals surface area contributed by atoms with E-state index in [0.29, 0.717) is 5.56 Å². The van der Waals surface area contributed by atoms with Crippen LogP contribution in [0.2, 0.25) is 0 Å². The van der Waals surface area contributed by atoms with Gasteiger partial charge in [0.25, 0.3) is 0 Å². The highest BCUT2D eigenvalue weighted by Gasteiger charge is 2.16. The molecule has 7 heteroatoms. The Labute approximate surface area is 89.3 Å². The van der Waals surface area contributed by atoms with E-state index in [4.69, 9.17) is 5.11 Å². The number of aromatic nitrogens is 4. The standard InChI is InChI=1S/C9H8N4O3/c1-5-3-2-4-6(7(5)8(14)15)13-9(16)10-11-12-13/h2-4H,1H3,(H,14,15)(H,10,12,16). The van der Waals surface area contributed by atoms with E-state index in [-0.39, 0.29) is 11.3 Å². The third-order valence-corrected chi connectivity index (χ3v) is 2.17. The van der Waals surface area contributed by atoms with Crippen molar-refractivity contribution in [2.45, 2.75) is 6.92 Å². The van der Waals surface area contributed by atoms with E-state index in [9.17, 15) is 9.59 Å². The quantitative estimate of drug-likeness (QED) is 0.739. The van der Waals surface area contributed by atoms with Gasteiger partial charge in [0.15, 0.2) is 0 Å². The van der Waals surface area contributed by atoms with Gasteiger partial charge < -0.3 is 5.11 Å². The summed E-state index contributed by atoms with van der Waals surface area (Å²) >= 11 is 0. The van der Waals surface area contributed by atoms with Crippen LogP contribution in [0.15, 0.2) is 23.0 Å². The third-order valence-electron chi connectivity index (χ3n) is 2.17. The van der Waals surface area contributed by atoms with Crippen LogP contribution < -0.4 is 5.69 Å². The molecule has 0 saturated heterocycles. The number of H-pyrrole nitrogens is 1. The lowest BCUT2D eigenvalue weighted by Crippen LogP contribution is -2.19. The zero-order valence-corrected chi connectivity index (χ0v) is 8.34. The van der Waals surface area contributed by atoms with Gasteiger partial charge in [0.05, 0.1) is 11.3 Å². The molecule has 1 aromatic heterocycles. The van der Waals surface area contributed by atoms with Crippen molar-refractivity contribution in [2.24, 2.45) is 0 Å². The van der Waals surface area contributed by atoms with Crippen LogP contribution in [0.4, 0.5) is 0 Å². The van der Waals surface area contributed by atoms with Gasteiger partial charge in [-0.15, -0.1) is 0 Å². The Morgan fingerprint density at radius 1 is 1.50 bits per heavy atom. The smallest absolute Gasteiger partial charge is 0.365 e. The molecule has 1 aromatic carbocycles. The van der Waals surface area contributed by atoms with Gasteiger partial charge in [-0.3, -0.25) is 0 Å². The number of nitrogens with zero attached hydrogens (tertiary/aromatic N) is 3. The first-order valence-corrected chi connectivity index (χ1v) is 4.45. The monoisotopic (exact) mass is 220 g/mol. The average Bonchev–Trinajstić information content (AvgIpc) is 2.63. The Morgan fingerprint density at radius 2 is 2.25 bits per heavy atom. The van der Waals surface area contributed by atoms with E-state index in [2.05, 4.69) is 15.5 Å². The molecule has 0 bridgehead atoms. The van der Waals surface area contributed by atoms with E-state index >= 15 is 0 Å². The summed E-state index contributed by atoms with van der Waals surface area (Å²) in [5.74, 6) is -1.11. The number of nitrogens with one attached hydrogen (secondary N) is 1. The molecule has 7 nitrogen and oxygen atoms in total. The van der Waals surface area contributed by atoms with Gasteiger partial charge in [0.2, 0.25) is 0 Å². The van der Waals surface area contributed by atoms with Crippen LogP contribution in [0.25, 0.3) is 5.69 Å². The molecule has 2 N–H and O–H groups in total. The minimum absolute atomic E-state index is 0.0403. The predicted octanol–water partition coefficient (Wildman–Crippen LogP) is -0.0378. The van der Waals surface area contributed by atoms with Gasteiger partial charge in [0.1, 0.15) is 0 Å². The third kappa shape index (κ3) is 1.48. The van der Waals surface area contributed by atoms with E-state index < -0.39 is 11.7 Å². The van der Waals surface area contributed by atoms with Crippen molar-refractivity contribution >= 4 is 5.97 Å².